The maximum Gasteiger partial charge on any atom is 0.176 e. The molecule has 0 amide bonds. The molecule has 7 heteroatoms. The number of aromatic hydroxyl groups is 1. The third kappa shape index (κ3) is 4.55. The van der Waals surface area contributed by atoms with Crippen LogP contribution in [0.15, 0.2) is 36.5 Å². The Morgan fingerprint density at radius 3 is 2.54 bits per heavy atom. The average Bonchev–Trinajstić information content (AvgIpc) is 3.53. The first kappa shape index (κ1) is 24.5. The molecule has 6 rings (SSSR count). The van der Waals surface area contributed by atoms with Crippen molar-refractivity contribution < 1.29 is 14.6 Å². The first-order valence-electron chi connectivity index (χ1n) is 13.5. The number of benzene rings is 2. The van der Waals surface area contributed by atoms with Gasteiger partial charge in [0.05, 0.1) is 23.1 Å². The van der Waals surface area contributed by atoms with Crippen molar-refractivity contribution in [3.63, 3.8) is 0 Å². The van der Waals surface area contributed by atoms with Gasteiger partial charge in [0.25, 0.3) is 0 Å². The Morgan fingerprint density at radius 1 is 1.11 bits per heavy atom. The molecule has 3 fully saturated rings. The lowest BCUT2D eigenvalue weighted by molar-refractivity contribution is -0.109. The van der Waals surface area contributed by atoms with Gasteiger partial charge in [0.1, 0.15) is 6.29 Å². The number of carbonyl (C=O) groups is 1. The number of methoxy groups -OCH3 is 1. The molecule has 3 aliphatic rings. The van der Waals surface area contributed by atoms with Gasteiger partial charge in [0.15, 0.2) is 11.5 Å². The Labute approximate surface area is 223 Å². The zero-order chi connectivity index (χ0) is 25.6. The van der Waals surface area contributed by atoms with Crippen LogP contribution in [-0.4, -0.2) is 53.6 Å². The van der Waals surface area contributed by atoms with Crippen molar-refractivity contribution in [3.8, 4) is 22.6 Å². The number of nitrogens with zero attached hydrogens (tertiary/aromatic N) is 2. The van der Waals surface area contributed by atoms with Crippen LogP contribution < -0.4 is 10.1 Å². The molecular weight excluding hydrogens is 486 g/mol. The normalized spacial score (nSPS) is 23.2. The molecule has 2 aromatic carbocycles. The van der Waals surface area contributed by atoms with Crippen LogP contribution in [0.4, 0.5) is 5.69 Å². The van der Waals surface area contributed by atoms with E-state index in [2.05, 4.69) is 16.3 Å². The number of likely N-dealkylation sites (tertiary alicyclic amines) is 1. The maximum absolute atomic E-state index is 12.2. The van der Waals surface area contributed by atoms with E-state index in [0.717, 1.165) is 65.3 Å². The average molecular weight is 520 g/mol. The number of hydrogen-bond acceptors (Lipinski definition) is 6. The Kier molecular flexibility index (Phi) is 6.49. The van der Waals surface area contributed by atoms with E-state index in [-0.39, 0.29) is 10.8 Å². The molecule has 0 radical (unpaired) electrons. The van der Waals surface area contributed by atoms with E-state index in [9.17, 15) is 9.90 Å². The lowest BCUT2D eigenvalue weighted by atomic mass is 9.88. The van der Waals surface area contributed by atoms with Crippen LogP contribution in [0.3, 0.4) is 0 Å². The number of rotatable bonds is 7. The lowest BCUT2D eigenvalue weighted by Gasteiger charge is -2.35. The smallest absolute Gasteiger partial charge is 0.176 e. The van der Waals surface area contributed by atoms with Crippen LogP contribution >= 0.6 is 11.6 Å². The first-order chi connectivity index (χ1) is 18.0. The van der Waals surface area contributed by atoms with E-state index < -0.39 is 5.41 Å². The molecule has 3 aromatic rings. The van der Waals surface area contributed by atoms with Crippen LogP contribution in [0.1, 0.15) is 56.9 Å². The molecule has 2 saturated carbocycles. The molecule has 1 aliphatic heterocycles. The molecule has 2 heterocycles. The van der Waals surface area contributed by atoms with Gasteiger partial charge in [0, 0.05) is 34.9 Å². The van der Waals surface area contributed by atoms with Crippen LogP contribution in [0, 0.1) is 0 Å². The number of fused-ring (bicyclic) bond motifs is 1. The summed E-state index contributed by atoms with van der Waals surface area (Å²) in [4.78, 5) is 19.6. The third-order valence-electron chi connectivity index (χ3n) is 8.70. The monoisotopic (exact) mass is 519 g/mol. The SMILES string of the molecule is COc1cc(-c2ccc3ncc(C4(C=O)CC4)c(N[C@H]4CC[C@H](N5CCCC5)CC4)c3c2)cc(Cl)c1O. The van der Waals surface area contributed by atoms with E-state index in [1.807, 2.05) is 18.3 Å². The molecule has 2 N–H and O–H groups in total. The molecule has 37 heavy (non-hydrogen) atoms. The fraction of sp³-hybridized carbons (Fsp3) is 0.467. The minimum Gasteiger partial charge on any atom is -0.503 e. The molecule has 1 aromatic heterocycles. The van der Waals surface area contributed by atoms with E-state index in [1.54, 1.807) is 12.1 Å². The molecule has 1 saturated heterocycles. The highest BCUT2D eigenvalue weighted by atomic mass is 35.5. The molecule has 0 bridgehead atoms. The van der Waals surface area contributed by atoms with Gasteiger partial charge in [-0.2, -0.15) is 0 Å². The molecular formula is C30H34ClN3O3. The number of aldehydes is 1. The number of pyridine rings is 1. The summed E-state index contributed by atoms with van der Waals surface area (Å²) in [5.41, 5.74) is 4.30. The highest BCUT2D eigenvalue weighted by Gasteiger charge is 2.46. The second-order valence-corrected chi connectivity index (χ2v) is 11.4. The van der Waals surface area contributed by atoms with Crippen molar-refractivity contribution in [1.82, 2.24) is 9.88 Å². The Bertz CT molecular complexity index is 1330. The summed E-state index contributed by atoms with van der Waals surface area (Å²) in [6.07, 6.45) is 12.1. The summed E-state index contributed by atoms with van der Waals surface area (Å²) in [6.45, 7) is 2.50. The fourth-order valence-electron chi connectivity index (χ4n) is 6.28. The first-order valence-corrected chi connectivity index (χ1v) is 13.9. The Hall–Kier alpha value is -2.83. The predicted octanol–water partition coefficient (Wildman–Crippen LogP) is 6.32. The van der Waals surface area contributed by atoms with Gasteiger partial charge in [-0.1, -0.05) is 17.7 Å². The van der Waals surface area contributed by atoms with Gasteiger partial charge < -0.3 is 24.9 Å². The summed E-state index contributed by atoms with van der Waals surface area (Å²) in [5, 5.41) is 15.3. The summed E-state index contributed by atoms with van der Waals surface area (Å²) < 4.78 is 5.33. The van der Waals surface area contributed by atoms with E-state index in [4.69, 9.17) is 21.3 Å². The highest BCUT2D eigenvalue weighted by Crippen LogP contribution is 2.51. The summed E-state index contributed by atoms with van der Waals surface area (Å²) >= 11 is 6.30. The van der Waals surface area contributed by atoms with Crippen LogP contribution in [0.5, 0.6) is 11.5 Å². The largest absolute Gasteiger partial charge is 0.503 e. The van der Waals surface area contributed by atoms with Crippen LogP contribution in [0.25, 0.3) is 22.0 Å². The third-order valence-corrected chi connectivity index (χ3v) is 8.99. The molecule has 0 atom stereocenters. The zero-order valence-electron chi connectivity index (χ0n) is 21.3. The van der Waals surface area contributed by atoms with Gasteiger partial charge in [-0.25, -0.2) is 0 Å². The standard InChI is InChI=1S/C30H34ClN3O3/c1-37-27-16-20(15-25(31)29(27)36)19-4-9-26-23(14-19)28(24(17-32-26)30(18-35)10-11-30)33-21-5-7-22(8-6-21)34-12-2-3-13-34/h4,9,14-18,21-22,36H,2-3,5-8,10-13H2,1H3,(H,32,33)/t21-,22-. The molecule has 194 valence electrons. The van der Waals surface area contributed by atoms with Crippen molar-refractivity contribution in [2.24, 2.45) is 0 Å². The topological polar surface area (TPSA) is 74.7 Å². The Balaban J connectivity index is 1.37. The minimum absolute atomic E-state index is 0.0637. The predicted molar refractivity (Wildman–Crippen MR) is 148 cm³/mol. The number of nitrogens with one attached hydrogen (secondary N) is 1. The van der Waals surface area contributed by atoms with Gasteiger partial charge in [0.2, 0.25) is 0 Å². The second-order valence-electron chi connectivity index (χ2n) is 11.0. The summed E-state index contributed by atoms with van der Waals surface area (Å²) in [7, 11) is 1.51. The Morgan fingerprint density at radius 2 is 1.86 bits per heavy atom. The van der Waals surface area contributed by atoms with Crippen LogP contribution in [0.2, 0.25) is 5.02 Å². The van der Waals surface area contributed by atoms with Gasteiger partial charge in [-0.05, 0) is 99.8 Å². The van der Waals surface area contributed by atoms with Crippen molar-refractivity contribution in [2.75, 3.05) is 25.5 Å². The minimum atomic E-state index is -0.433. The highest BCUT2D eigenvalue weighted by molar-refractivity contribution is 6.32. The molecule has 0 unspecified atom stereocenters. The number of halogens is 1. The quantitative estimate of drug-likeness (QED) is 0.356. The summed E-state index contributed by atoms with van der Waals surface area (Å²) in [5.74, 6) is 0.270. The molecule has 6 nitrogen and oxygen atoms in total. The number of ether oxygens (including phenoxy) is 1. The van der Waals surface area contributed by atoms with Crippen molar-refractivity contribution in [3.05, 3.63) is 47.1 Å². The number of aromatic nitrogens is 1. The second kappa shape index (κ2) is 9.80. The van der Waals surface area contributed by atoms with E-state index in [0.29, 0.717) is 17.8 Å². The number of phenols is 1. The molecule has 2 aliphatic carbocycles. The van der Waals surface area contributed by atoms with E-state index >= 15 is 0 Å². The van der Waals surface area contributed by atoms with Crippen molar-refractivity contribution in [1.29, 1.82) is 0 Å². The number of phenolic OH excluding ortho intramolecular Hbond substituents is 1. The number of hydrogen-bond donors (Lipinski definition) is 2. The maximum atomic E-state index is 12.2. The van der Waals surface area contributed by atoms with Gasteiger partial charge in [-0.15, -0.1) is 0 Å². The van der Waals surface area contributed by atoms with Gasteiger partial charge in [-0.3, -0.25) is 4.98 Å². The van der Waals surface area contributed by atoms with Crippen LogP contribution in [-0.2, 0) is 10.2 Å². The molecule has 0 spiro atoms. The zero-order valence-corrected chi connectivity index (χ0v) is 22.1. The lowest BCUT2D eigenvalue weighted by Crippen LogP contribution is -2.39. The fourth-order valence-corrected chi connectivity index (χ4v) is 6.49. The van der Waals surface area contributed by atoms with Crippen molar-refractivity contribution >= 4 is 34.5 Å². The van der Waals surface area contributed by atoms with Crippen molar-refractivity contribution in [2.45, 2.75) is 68.9 Å². The number of carbonyl (C=O) groups excluding carboxylic acids is 1. The van der Waals surface area contributed by atoms with E-state index in [1.165, 1.54) is 45.9 Å². The summed E-state index contributed by atoms with van der Waals surface area (Å²) in [6, 6.07) is 10.8. The van der Waals surface area contributed by atoms with Gasteiger partial charge >= 0.3 is 0 Å². The number of anilines is 1.